The minimum Gasteiger partial charge on any atom is -0.260 e. The minimum atomic E-state index is -3.91. The molecule has 0 amide bonds. The van der Waals surface area contributed by atoms with Crippen LogP contribution in [0.2, 0.25) is 0 Å². The average Bonchev–Trinajstić information content (AvgIpc) is 2.37. The van der Waals surface area contributed by atoms with Gasteiger partial charge in [-0.05, 0) is 36.8 Å². The minimum absolute atomic E-state index is 0.0184. The van der Waals surface area contributed by atoms with E-state index in [1.165, 1.54) is 12.1 Å². The van der Waals surface area contributed by atoms with Crippen molar-refractivity contribution in [2.45, 2.75) is 18.4 Å². The molecule has 0 atom stereocenters. The molecule has 0 spiro atoms. The summed E-state index contributed by atoms with van der Waals surface area (Å²) in [4.78, 5) is 3.70. The second-order valence-corrected chi connectivity index (χ2v) is 6.82. The molecule has 0 saturated carbocycles. The number of rotatable bonds is 4. The van der Waals surface area contributed by atoms with Gasteiger partial charge in [0.1, 0.15) is 10.7 Å². The van der Waals surface area contributed by atoms with Crippen LogP contribution in [-0.2, 0) is 16.6 Å². The van der Waals surface area contributed by atoms with E-state index in [4.69, 9.17) is 0 Å². The number of sulfonamides is 1. The van der Waals surface area contributed by atoms with E-state index in [0.717, 1.165) is 11.6 Å². The number of aromatic nitrogens is 1. The summed E-state index contributed by atoms with van der Waals surface area (Å²) >= 11 is 3.08. The summed E-state index contributed by atoms with van der Waals surface area (Å²) in [7, 11) is -3.91. The molecule has 0 aliphatic heterocycles. The first-order valence-corrected chi connectivity index (χ1v) is 8.03. The maximum absolute atomic E-state index is 13.7. The van der Waals surface area contributed by atoms with Gasteiger partial charge in [-0.3, -0.25) is 4.98 Å². The number of hydrogen-bond acceptors (Lipinski definition) is 3. The fourth-order valence-corrected chi connectivity index (χ4v) is 3.02. The highest BCUT2D eigenvalue weighted by molar-refractivity contribution is 9.10. The van der Waals surface area contributed by atoms with Gasteiger partial charge in [-0.25, -0.2) is 17.5 Å². The Hall–Kier alpha value is -1.31. The number of hydrogen-bond donors (Lipinski definition) is 1. The second kappa shape index (κ2) is 5.99. The number of pyridine rings is 1. The van der Waals surface area contributed by atoms with Crippen LogP contribution in [0.5, 0.6) is 0 Å². The molecular weight excluding hydrogens is 347 g/mol. The van der Waals surface area contributed by atoms with Gasteiger partial charge in [0.05, 0.1) is 12.2 Å². The molecule has 106 valence electrons. The fourth-order valence-electron chi connectivity index (χ4n) is 1.64. The molecule has 1 aromatic heterocycles. The maximum Gasteiger partial charge on any atom is 0.243 e. The third-order valence-corrected chi connectivity index (χ3v) is 4.66. The van der Waals surface area contributed by atoms with E-state index in [0.29, 0.717) is 10.2 Å². The molecule has 0 radical (unpaired) electrons. The van der Waals surface area contributed by atoms with Gasteiger partial charge in [0.15, 0.2) is 0 Å². The Bertz CT molecular complexity index is 735. The first-order valence-electron chi connectivity index (χ1n) is 5.75. The Morgan fingerprint density at radius 2 is 2.10 bits per heavy atom. The smallest absolute Gasteiger partial charge is 0.243 e. The molecule has 2 aromatic rings. The van der Waals surface area contributed by atoms with Crippen molar-refractivity contribution in [2.75, 3.05) is 0 Å². The Kier molecular flexibility index (Phi) is 4.52. The molecule has 0 fully saturated rings. The first kappa shape index (κ1) is 15.1. The quantitative estimate of drug-likeness (QED) is 0.913. The molecule has 2 rings (SSSR count). The number of benzene rings is 1. The number of halogens is 2. The second-order valence-electron chi connectivity index (χ2n) is 4.17. The third-order valence-electron chi connectivity index (χ3n) is 2.73. The van der Waals surface area contributed by atoms with Gasteiger partial charge in [0.2, 0.25) is 10.0 Å². The lowest BCUT2D eigenvalue weighted by Gasteiger charge is -2.09. The van der Waals surface area contributed by atoms with E-state index in [1.54, 1.807) is 12.3 Å². The van der Waals surface area contributed by atoms with Crippen molar-refractivity contribution in [1.82, 2.24) is 9.71 Å². The van der Waals surface area contributed by atoms with E-state index in [-0.39, 0.29) is 11.4 Å². The summed E-state index contributed by atoms with van der Waals surface area (Å²) in [5.74, 6) is -0.801. The van der Waals surface area contributed by atoms with Crippen LogP contribution in [0.15, 0.2) is 45.9 Å². The molecule has 4 nitrogen and oxygen atoms in total. The number of aryl methyl sites for hydroxylation is 1. The predicted molar refractivity (Wildman–Crippen MR) is 77.1 cm³/mol. The van der Waals surface area contributed by atoms with Gasteiger partial charge in [-0.15, -0.1) is 0 Å². The van der Waals surface area contributed by atoms with Crippen molar-refractivity contribution < 1.29 is 12.8 Å². The molecule has 1 heterocycles. The summed E-state index contributed by atoms with van der Waals surface area (Å²) < 4.78 is 40.6. The van der Waals surface area contributed by atoms with Crippen LogP contribution >= 0.6 is 15.9 Å². The Balaban J connectivity index is 2.22. The first-order chi connectivity index (χ1) is 9.40. The Morgan fingerprint density at radius 1 is 1.35 bits per heavy atom. The van der Waals surface area contributed by atoms with E-state index >= 15 is 0 Å². The van der Waals surface area contributed by atoms with E-state index in [9.17, 15) is 12.8 Å². The molecule has 1 aromatic carbocycles. The summed E-state index contributed by atoms with van der Waals surface area (Å²) in [6.07, 6.45) is 1.58. The van der Waals surface area contributed by atoms with E-state index in [1.807, 2.05) is 13.0 Å². The van der Waals surface area contributed by atoms with Crippen LogP contribution < -0.4 is 4.72 Å². The molecule has 0 unspecified atom stereocenters. The molecule has 0 aliphatic carbocycles. The lowest BCUT2D eigenvalue weighted by atomic mass is 10.2. The van der Waals surface area contributed by atoms with Gasteiger partial charge in [-0.1, -0.05) is 22.0 Å². The van der Waals surface area contributed by atoms with Crippen molar-refractivity contribution >= 4 is 26.0 Å². The molecule has 20 heavy (non-hydrogen) atoms. The van der Waals surface area contributed by atoms with Crippen LogP contribution in [0.3, 0.4) is 0 Å². The van der Waals surface area contributed by atoms with Crippen molar-refractivity contribution in [3.8, 4) is 0 Å². The Labute approximate surface area is 125 Å². The van der Waals surface area contributed by atoms with E-state index in [2.05, 4.69) is 25.6 Å². The van der Waals surface area contributed by atoms with Gasteiger partial charge >= 0.3 is 0 Å². The summed E-state index contributed by atoms with van der Waals surface area (Å²) in [5, 5.41) is 0. The highest BCUT2D eigenvalue weighted by Crippen LogP contribution is 2.19. The zero-order valence-corrected chi connectivity index (χ0v) is 13.0. The van der Waals surface area contributed by atoms with Crippen molar-refractivity contribution in [1.29, 1.82) is 0 Å². The molecular formula is C13H12BrFN2O2S. The normalized spacial score (nSPS) is 11.6. The summed E-state index contributed by atoms with van der Waals surface area (Å²) in [5.41, 5.74) is 1.47. The Morgan fingerprint density at radius 3 is 2.75 bits per heavy atom. The SMILES string of the molecule is Cc1cccnc1CNS(=O)(=O)c1ccc(Br)cc1F. The number of nitrogens with one attached hydrogen (secondary N) is 1. The van der Waals surface area contributed by atoms with Crippen LogP contribution in [0.1, 0.15) is 11.3 Å². The standard InChI is InChI=1S/C13H12BrFN2O2S/c1-9-3-2-6-16-12(9)8-17-20(18,19)13-5-4-10(14)7-11(13)15/h2-7,17H,8H2,1H3. The van der Waals surface area contributed by atoms with Crippen LogP contribution in [0.4, 0.5) is 4.39 Å². The summed E-state index contributed by atoms with van der Waals surface area (Å²) in [6.45, 7) is 1.85. The van der Waals surface area contributed by atoms with Crippen LogP contribution in [-0.4, -0.2) is 13.4 Å². The van der Waals surface area contributed by atoms with Gasteiger partial charge in [0, 0.05) is 10.7 Å². The average molecular weight is 359 g/mol. The van der Waals surface area contributed by atoms with Gasteiger partial charge in [0.25, 0.3) is 0 Å². The van der Waals surface area contributed by atoms with Gasteiger partial charge < -0.3 is 0 Å². The molecule has 0 saturated heterocycles. The molecule has 1 N–H and O–H groups in total. The zero-order chi connectivity index (χ0) is 14.8. The lowest BCUT2D eigenvalue weighted by Crippen LogP contribution is -2.25. The lowest BCUT2D eigenvalue weighted by molar-refractivity contribution is 0.555. The number of nitrogens with zero attached hydrogens (tertiary/aromatic N) is 1. The van der Waals surface area contributed by atoms with Crippen LogP contribution in [0.25, 0.3) is 0 Å². The third kappa shape index (κ3) is 3.41. The van der Waals surface area contributed by atoms with Crippen molar-refractivity contribution in [3.63, 3.8) is 0 Å². The molecule has 0 bridgehead atoms. The van der Waals surface area contributed by atoms with E-state index < -0.39 is 15.8 Å². The zero-order valence-electron chi connectivity index (χ0n) is 10.6. The maximum atomic E-state index is 13.7. The van der Waals surface area contributed by atoms with Gasteiger partial charge in [-0.2, -0.15) is 0 Å². The van der Waals surface area contributed by atoms with Crippen LogP contribution in [0, 0.1) is 12.7 Å². The summed E-state index contributed by atoms with van der Waals surface area (Å²) in [6, 6.07) is 7.40. The monoisotopic (exact) mass is 358 g/mol. The fraction of sp³-hybridized carbons (Fsp3) is 0.154. The highest BCUT2D eigenvalue weighted by atomic mass is 79.9. The predicted octanol–water partition coefficient (Wildman–Crippen LogP) is 2.77. The van der Waals surface area contributed by atoms with Crippen molar-refractivity contribution in [3.05, 3.63) is 58.1 Å². The molecule has 7 heteroatoms. The topological polar surface area (TPSA) is 59.1 Å². The largest absolute Gasteiger partial charge is 0.260 e. The molecule has 0 aliphatic rings. The highest BCUT2D eigenvalue weighted by Gasteiger charge is 2.19. The van der Waals surface area contributed by atoms with Crippen molar-refractivity contribution in [2.24, 2.45) is 0 Å².